The van der Waals surface area contributed by atoms with Crippen molar-refractivity contribution in [3.05, 3.63) is 23.8 Å². The molecule has 1 aromatic carbocycles. The highest BCUT2D eigenvalue weighted by Crippen LogP contribution is 2.19. The molecule has 9 heteroatoms. The molecule has 2 fully saturated rings. The first kappa shape index (κ1) is 21.9. The standard InChI is InChI=1S/C20H33BN4O4/c1-20(2,3)29-19(26)25-10-8-23(9-11-25)15-16-12-17(21(27)28)14-18(13-16)24-6-4-22-5-7-24/h12-14,22,27-28H,4-11,15H2,1-3H3. The minimum absolute atomic E-state index is 0.261. The first-order valence-electron chi connectivity index (χ1n) is 10.4. The zero-order valence-corrected chi connectivity index (χ0v) is 17.7. The third kappa shape index (κ3) is 6.34. The normalized spacial score (nSPS) is 18.7. The number of hydrogen-bond donors (Lipinski definition) is 3. The SMILES string of the molecule is CC(C)(C)OC(=O)N1CCN(Cc2cc(B(O)O)cc(N3CCNCC3)c2)CC1. The van der Waals surface area contributed by atoms with Gasteiger partial charge in [-0.2, -0.15) is 0 Å². The summed E-state index contributed by atoms with van der Waals surface area (Å²) >= 11 is 0. The first-order valence-corrected chi connectivity index (χ1v) is 10.4. The van der Waals surface area contributed by atoms with Crippen LogP contribution in [0.4, 0.5) is 10.5 Å². The summed E-state index contributed by atoms with van der Waals surface area (Å²) in [7, 11) is -1.49. The van der Waals surface area contributed by atoms with Gasteiger partial charge in [0.15, 0.2) is 0 Å². The Balaban J connectivity index is 1.63. The molecule has 8 nitrogen and oxygen atoms in total. The van der Waals surface area contributed by atoms with Gasteiger partial charge in [-0.25, -0.2) is 4.79 Å². The van der Waals surface area contributed by atoms with E-state index in [-0.39, 0.29) is 6.09 Å². The molecular weight excluding hydrogens is 371 g/mol. The number of ether oxygens (including phenoxy) is 1. The summed E-state index contributed by atoms with van der Waals surface area (Å²) in [5.74, 6) is 0. The topological polar surface area (TPSA) is 88.5 Å². The molecule has 0 aliphatic carbocycles. The van der Waals surface area contributed by atoms with Gasteiger partial charge in [0.05, 0.1) is 0 Å². The molecule has 2 heterocycles. The Bertz CT molecular complexity index is 696. The zero-order valence-electron chi connectivity index (χ0n) is 17.7. The molecule has 0 radical (unpaired) electrons. The van der Waals surface area contributed by atoms with Crippen LogP contribution in [0.25, 0.3) is 0 Å². The second-order valence-electron chi connectivity index (χ2n) is 8.79. The maximum absolute atomic E-state index is 12.2. The van der Waals surface area contributed by atoms with Crippen LogP contribution in [0.3, 0.4) is 0 Å². The summed E-state index contributed by atoms with van der Waals surface area (Å²) in [6.45, 7) is 12.8. The number of anilines is 1. The van der Waals surface area contributed by atoms with Gasteiger partial charge in [-0.15, -0.1) is 0 Å². The zero-order chi connectivity index (χ0) is 21.0. The molecule has 2 saturated heterocycles. The minimum atomic E-state index is -1.49. The van der Waals surface area contributed by atoms with E-state index in [1.165, 1.54) is 0 Å². The van der Waals surface area contributed by atoms with Crippen molar-refractivity contribution in [3.63, 3.8) is 0 Å². The summed E-state index contributed by atoms with van der Waals surface area (Å²) < 4.78 is 5.46. The van der Waals surface area contributed by atoms with Crippen LogP contribution >= 0.6 is 0 Å². The maximum atomic E-state index is 12.2. The van der Waals surface area contributed by atoms with Crippen molar-refractivity contribution in [3.8, 4) is 0 Å². The third-order valence-corrected chi connectivity index (χ3v) is 5.21. The molecule has 160 valence electrons. The Morgan fingerprint density at radius 3 is 2.31 bits per heavy atom. The quantitative estimate of drug-likeness (QED) is 0.601. The maximum Gasteiger partial charge on any atom is 0.488 e. The van der Waals surface area contributed by atoms with Crippen molar-refractivity contribution in [2.24, 2.45) is 0 Å². The number of nitrogens with zero attached hydrogens (tertiary/aromatic N) is 3. The fraction of sp³-hybridized carbons (Fsp3) is 0.650. The van der Waals surface area contributed by atoms with Crippen LogP contribution in [0.1, 0.15) is 26.3 Å². The molecule has 0 atom stereocenters. The van der Waals surface area contributed by atoms with Gasteiger partial charge in [-0.05, 0) is 43.9 Å². The van der Waals surface area contributed by atoms with Crippen molar-refractivity contribution < 1.29 is 19.6 Å². The molecule has 0 spiro atoms. The molecule has 2 aliphatic rings. The van der Waals surface area contributed by atoms with E-state index >= 15 is 0 Å². The number of piperazine rings is 2. The lowest BCUT2D eigenvalue weighted by atomic mass is 9.79. The van der Waals surface area contributed by atoms with Crippen LogP contribution < -0.4 is 15.7 Å². The van der Waals surface area contributed by atoms with Gasteiger partial charge >= 0.3 is 13.2 Å². The number of carbonyl (C=O) groups is 1. The average Bonchev–Trinajstić information content (AvgIpc) is 2.67. The highest BCUT2D eigenvalue weighted by atomic mass is 16.6. The summed E-state index contributed by atoms with van der Waals surface area (Å²) in [6, 6.07) is 5.86. The predicted molar refractivity (Wildman–Crippen MR) is 114 cm³/mol. The van der Waals surface area contributed by atoms with Crippen molar-refractivity contribution in [2.75, 3.05) is 57.3 Å². The average molecular weight is 404 g/mol. The van der Waals surface area contributed by atoms with Crippen LogP contribution in [0.2, 0.25) is 0 Å². The van der Waals surface area contributed by atoms with E-state index in [4.69, 9.17) is 4.74 Å². The molecule has 0 bridgehead atoms. The number of hydrogen-bond acceptors (Lipinski definition) is 7. The van der Waals surface area contributed by atoms with E-state index in [9.17, 15) is 14.8 Å². The van der Waals surface area contributed by atoms with E-state index < -0.39 is 12.7 Å². The molecule has 1 amide bonds. The molecule has 3 N–H and O–H groups in total. The predicted octanol–water partition coefficient (Wildman–Crippen LogP) is -0.171. The Kier molecular flexibility index (Phi) is 7.05. The summed E-state index contributed by atoms with van der Waals surface area (Å²) in [5, 5.41) is 22.8. The molecule has 1 aromatic rings. The molecular formula is C20H33BN4O4. The van der Waals surface area contributed by atoms with Crippen LogP contribution in [0, 0.1) is 0 Å². The van der Waals surface area contributed by atoms with Gasteiger partial charge in [0, 0.05) is 64.6 Å². The summed E-state index contributed by atoms with van der Waals surface area (Å²) in [6.07, 6.45) is -0.261. The van der Waals surface area contributed by atoms with E-state index in [0.717, 1.165) is 50.5 Å². The van der Waals surface area contributed by atoms with Crippen LogP contribution in [-0.2, 0) is 11.3 Å². The van der Waals surface area contributed by atoms with Crippen molar-refractivity contribution >= 4 is 24.4 Å². The Morgan fingerprint density at radius 1 is 1.07 bits per heavy atom. The number of benzene rings is 1. The van der Waals surface area contributed by atoms with Crippen LogP contribution in [0.15, 0.2) is 18.2 Å². The van der Waals surface area contributed by atoms with Gasteiger partial charge in [0.1, 0.15) is 5.60 Å². The Labute approximate surface area is 173 Å². The van der Waals surface area contributed by atoms with Gasteiger partial charge in [0.2, 0.25) is 0 Å². The molecule has 29 heavy (non-hydrogen) atoms. The highest BCUT2D eigenvalue weighted by Gasteiger charge is 2.26. The summed E-state index contributed by atoms with van der Waals surface area (Å²) in [4.78, 5) is 18.5. The van der Waals surface area contributed by atoms with Crippen LogP contribution in [-0.4, -0.2) is 91.0 Å². The van der Waals surface area contributed by atoms with E-state index in [2.05, 4.69) is 21.2 Å². The number of nitrogens with one attached hydrogen (secondary N) is 1. The van der Waals surface area contributed by atoms with Crippen LogP contribution in [0.5, 0.6) is 0 Å². The van der Waals surface area contributed by atoms with Crippen molar-refractivity contribution in [1.82, 2.24) is 15.1 Å². The molecule has 0 unspecified atom stereocenters. The number of amides is 1. The second kappa shape index (κ2) is 9.34. The Hall–Kier alpha value is -1.81. The number of rotatable bonds is 4. The third-order valence-electron chi connectivity index (χ3n) is 5.21. The lowest BCUT2D eigenvalue weighted by molar-refractivity contribution is 0.0139. The van der Waals surface area contributed by atoms with Crippen molar-refractivity contribution in [1.29, 1.82) is 0 Å². The largest absolute Gasteiger partial charge is 0.488 e. The van der Waals surface area contributed by atoms with Gasteiger partial charge in [0.25, 0.3) is 0 Å². The molecule has 0 aromatic heterocycles. The number of carbonyl (C=O) groups excluding carboxylic acids is 1. The smallest absolute Gasteiger partial charge is 0.444 e. The van der Waals surface area contributed by atoms with E-state index in [1.54, 1.807) is 4.90 Å². The molecule has 3 rings (SSSR count). The minimum Gasteiger partial charge on any atom is -0.444 e. The fourth-order valence-electron chi connectivity index (χ4n) is 3.72. The molecule has 0 saturated carbocycles. The van der Waals surface area contributed by atoms with E-state index in [0.29, 0.717) is 25.1 Å². The lowest BCUT2D eigenvalue weighted by Gasteiger charge is -2.36. The monoisotopic (exact) mass is 404 g/mol. The van der Waals surface area contributed by atoms with Gasteiger partial charge in [-0.1, -0.05) is 6.07 Å². The first-order chi connectivity index (χ1) is 13.7. The van der Waals surface area contributed by atoms with Gasteiger partial charge in [-0.3, -0.25) is 4.90 Å². The van der Waals surface area contributed by atoms with Crippen molar-refractivity contribution in [2.45, 2.75) is 32.9 Å². The fourth-order valence-corrected chi connectivity index (χ4v) is 3.72. The highest BCUT2D eigenvalue weighted by molar-refractivity contribution is 6.58. The lowest BCUT2D eigenvalue weighted by Crippen LogP contribution is -2.49. The van der Waals surface area contributed by atoms with E-state index in [1.807, 2.05) is 32.9 Å². The summed E-state index contributed by atoms with van der Waals surface area (Å²) in [5.41, 5.74) is 2.11. The van der Waals surface area contributed by atoms with Gasteiger partial charge < -0.3 is 29.9 Å². The Morgan fingerprint density at radius 2 is 1.72 bits per heavy atom. The molecule has 2 aliphatic heterocycles. The second-order valence-corrected chi connectivity index (χ2v) is 8.79.